The quantitative estimate of drug-likeness (QED) is 0.761. The smallest absolute Gasteiger partial charge is 0.413 e. The Hall–Kier alpha value is -2.08. The van der Waals surface area contributed by atoms with Gasteiger partial charge in [0.2, 0.25) is 0 Å². The fourth-order valence-corrected chi connectivity index (χ4v) is 2.94. The van der Waals surface area contributed by atoms with Crippen LogP contribution in [0.4, 0.5) is 4.79 Å². The van der Waals surface area contributed by atoms with Gasteiger partial charge in [-0.3, -0.25) is 9.69 Å². The van der Waals surface area contributed by atoms with Gasteiger partial charge in [-0.15, -0.1) is 0 Å². The first-order valence-electron chi connectivity index (χ1n) is 8.94. The fourth-order valence-electron chi connectivity index (χ4n) is 2.94. The fraction of sp³-hybridized carbons (Fsp3) is 0.600. The molecule has 1 fully saturated rings. The van der Waals surface area contributed by atoms with Gasteiger partial charge in [0.1, 0.15) is 11.3 Å². The van der Waals surface area contributed by atoms with E-state index in [4.69, 9.17) is 14.2 Å². The highest BCUT2D eigenvalue weighted by atomic mass is 16.6. The molecule has 1 aliphatic rings. The molecule has 1 unspecified atom stereocenters. The Bertz CT molecular complexity index is 645. The molecule has 2 rings (SSSR count). The summed E-state index contributed by atoms with van der Waals surface area (Å²) >= 11 is 0. The Labute approximate surface area is 155 Å². The average Bonchev–Trinajstić information content (AvgIpc) is 2.82. The van der Waals surface area contributed by atoms with Gasteiger partial charge in [-0.1, -0.05) is 24.3 Å². The Morgan fingerprint density at radius 1 is 1.23 bits per heavy atom. The van der Waals surface area contributed by atoms with Gasteiger partial charge in [0.15, 0.2) is 0 Å². The first-order valence-corrected chi connectivity index (χ1v) is 8.94. The molecule has 0 bridgehead atoms. The number of nitrogens with zero attached hydrogens (tertiary/aromatic N) is 1. The zero-order chi connectivity index (χ0) is 19.5. The standard InChI is InChI=1S/C20H29NO5/c1-7-24-17(22)12-14-8-10-15(11-9-14)16-13-25-20(5,6)21(16)18(23)26-19(2,3)4/h8-11,16H,7,12-13H2,1-6H3. The highest BCUT2D eigenvalue weighted by molar-refractivity contribution is 5.72. The highest BCUT2D eigenvalue weighted by Crippen LogP contribution is 2.38. The van der Waals surface area contributed by atoms with Crippen molar-refractivity contribution in [1.29, 1.82) is 0 Å². The number of ether oxygens (including phenoxy) is 3. The molecule has 1 amide bonds. The van der Waals surface area contributed by atoms with Crippen LogP contribution in [0.3, 0.4) is 0 Å². The molecule has 0 N–H and O–H groups in total. The van der Waals surface area contributed by atoms with Gasteiger partial charge in [-0.2, -0.15) is 0 Å². The number of amides is 1. The summed E-state index contributed by atoms with van der Waals surface area (Å²) in [4.78, 5) is 25.9. The summed E-state index contributed by atoms with van der Waals surface area (Å²) in [5.41, 5.74) is 0.476. The van der Waals surface area contributed by atoms with Crippen LogP contribution in [0.2, 0.25) is 0 Å². The van der Waals surface area contributed by atoms with Gasteiger partial charge in [-0.25, -0.2) is 4.79 Å². The van der Waals surface area contributed by atoms with Crippen molar-refractivity contribution in [2.75, 3.05) is 13.2 Å². The van der Waals surface area contributed by atoms with Gasteiger partial charge in [0, 0.05) is 0 Å². The molecule has 1 saturated heterocycles. The number of esters is 1. The maximum absolute atomic E-state index is 12.7. The lowest BCUT2D eigenvalue weighted by molar-refractivity contribution is -0.142. The summed E-state index contributed by atoms with van der Waals surface area (Å²) in [5, 5.41) is 0. The predicted octanol–water partition coefficient (Wildman–Crippen LogP) is 3.84. The molecule has 6 heteroatoms. The number of benzene rings is 1. The van der Waals surface area contributed by atoms with Crippen molar-refractivity contribution in [3.63, 3.8) is 0 Å². The Balaban J connectivity index is 2.17. The van der Waals surface area contributed by atoms with Crippen LogP contribution in [0.25, 0.3) is 0 Å². The van der Waals surface area contributed by atoms with E-state index in [0.29, 0.717) is 13.2 Å². The molecule has 1 aromatic carbocycles. The second-order valence-electron chi connectivity index (χ2n) is 7.85. The normalized spacial score (nSPS) is 19.3. The van der Waals surface area contributed by atoms with Crippen LogP contribution in [0.5, 0.6) is 0 Å². The average molecular weight is 363 g/mol. The molecule has 0 radical (unpaired) electrons. The largest absolute Gasteiger partial charge is 0.466 e. The van der Waals surface area contributed by atoms with Crippen molar-refractivity contribution >= 4 is 12.1 Å². The number of hydrogen-bond acceptors (Lipinski definition) is 5. The molecule has 1 aromatic rings. The molecule has 0 aromatic heterocycles. The number of carbonyl (C=O) groups excluding carboxylic acids is 2. The van der Waals surface area contributed by atoms with E-state index in [1.54, 1.807) is 11.8 Å². The van der Waals surface area contributed by atoms with E-state index in [2.05, 4.69) is 0 Å². The van der Waals surface area contributed by atoms with Crippen molar-refractivity contribution in [1.82, 2.24) is 4.90 Å². The second-order valence-corrected chi connectivity index (χ2v) is 7.85. The highest BCUT2D eigenvalue weighted by Gasteiger charge is 2.46. The third-order valence-corrected chi connectivity index (χ3v) is 4.09. The SMILES string of the molecule is CCOC(=O)Cc1ccc(C2COC(C)(C)N2C(=O)OC(C)(C)C)cc1. The summed E-state index contributed by atoms with van der Waals surface area (Å²) in [6.45, 7) is 11.8. The lowest BCUT2D eigenvalue weighted by atomic mass is 10.0. The number of carbonyl (C=O) groups is 2. The molecule has 6 nitrogen and oxygen atoms in total. The monoisotopic (exact) mass is 363 g/mol. The van der Waals surface area contributed by atoms with E-state index in [-0.39, 0.29) is 18.4 Å². The van der Waals surface area contributed by atoms with E-state index >= 15 is 0 Å². The molecular formula is C20H29NO5. The minimum Gasteiger partial charge on any atom is -0.466 e. The third-order valence-electron chi connectivity index (χ3n) is 4.09. The Morgan fingerprint density at radius 3 is 2.38 bits per heavy atom. The molecule has 1 heterocycles. The lowest BCUT2D eigenvalue weighted by Gasteiger charge is -2.35. The van der Waals surface area contributed by atoms with Gasteiger partial charge in [0.25, 0.3) is 0 Å². The zero-order valence-electron chi connectivity index (χ0n) is 16.5. The van der Waals surface area contributed by atoms with Crippen LogP contribution in [0.1, 0.15) is 58.7 Å². The van der Waals surface area contributed by atoms with Crippen molar-refractivity contribution in [2.45, 2.75) is 65.3 Å². The minimum absolute atomic E-state index is 0.233. The van der Waals surface area contributed by atoms with Crippen molar-refractivity contribution < 1.29 is 23.8 Å². The van der Waals surface area contributed by atoms with Gasteiger partial charge < -0.3 is 14.2 Å². The zero-order valence-corrected chi connectivity index (χ0v) is 16.5. The lowest BCUT2D eigenvalue weighted by Crippen LogP contribution is -2.47. The minimum atomic E-state index is -0.753. The van der Waals surface area contributed by atoms with Crippen LogP contribution in [-0.2, 0) is 25.4 Å². The first-order chi connectivity index (χ1) is 12.0. The second kappa shape index (κ2) is 7.66. The molecule has 0 aliphatic carbocycles. The Morgan fingerprint density at radius 2 is 1.85 bits per heavy atom. The van der Waals surface area contributed by atoms with Crippen molar-refractivity contribution in [3.8, 4) is 0 Å². The Kier molecular flexibility index (Phi) is 5.96. The van der Waals surface area contributed by atoms with Crippen LogP contribution in [0.15, 0.2) is 24.3 Å². The first kappa shape index (κ1) is 20.2. The molecule has 26 heavy (non-hydrogen) atoms. The molecule has 0 saturated carbocycles. The molecule has 0 spiro atoms. The summed E-state index contributed by atoms with van der Waals surface area (Å²) in [6, 6.07) is 7.36. The maximum Gasteiger partial charge on any atom is 0.413 e. The van der Waals surface area contributed by atoms with E-state index in [0.717, 1.165) is 11.1 Å². The number of rotatable bonds is 4. The molecule has 1 atom stereocenters. The molecule has 144 valence electrons. The summed E-state index contributed by atoms with van der Waals surface area (Å²) in [7, 11) is 0. The van der Waals surface area contributed by atoms with Crippen LogP contribution >= 0.6 is 0 Å². The van der Waals surface area contributed by atoms with Crippen LogP contribution in [0, 0.1) is 0 Å². The number of hydrogen-bond donors (Lipinski definition) is 0. The van der Waals surface area contributed by atoms with Crippen molar-refractivity contribution in [2.24, 2.45) is 0 Å². The van der Waals surface area contributed by atoms with E-state index in [1.165, 1.54) is 0 Å². The predicted molar refractivity (Wildman–Crippen MR) is 97.6 cm³/mol. The molecular weight excluding hydrogens is 334 g/mol. The topological polar surface area (TPSA) is 65.1 Å². The van der Waals surface area contributed by atoms with Gasteiger partial charge in [-0.05, 0) is 52.7 Å². The summed E-state index contributed by atoms with van der Waals surface area (Å²) < 4.78 is 16.4. The molecule has 1 aliphatic heterocycles. The van der Waals surface area contributed by atoms with Gasteiger partial charge >= 0.3 is 12.1 Å². The van der Waals surface area contributed by atoms with E-state index in [9.17, 15) is 9.59 Å². The van der Waals surface area contributed by atoms with E-state index in [1.807, 2.05) is 58.9 Å². The summed E-state index contributed by atoms with van der Waals surface area (Å²) in [6.07, 6.45) is -0.170. The van der Waals surface area contributed by atoms with Crippen molar-refractivity contribution in [3.05, 3.63) is 35.4 Å². The van der Waals surface area contributed by atoms with Crippen LogP contribution in [-0.4, -0.2) is 41.5 Å². The summed E-state index contributed by atoms with van der Waals surface area (Å²) in [5.74, 6) is -0.249. The van der Waals surface area contributed by atoms with E-state index < -0.39 is 17.4 Å². The van der Waals surface area contributed by atoms with Crippen LogP contribution < -0.4 is 0 Å². The third kappa shape index (κ3) is 4.97. The van der Waals surface area contributed by atoms with Gasteiger partial charge in [0.05, 0.1) is 25.7 Å². The maximum atomic E-state index is 12.7.